The molecule has 0 spiro atoms. The highest BCUT2D eigenvalue weighted by atomic mass is 16.5. The zero-order chi connectivity index (χ0) is 11.5. The standard InChI is InChI=1S/C11H18N4O/c1-3-9-7-16-8(2)6-15(9)11-10(12)13-4-5-14-11/h4-5,8-9H,3,6-7H2,1-2H3,(H2,12,13). The Morgan fingerprint density at radius 1 is 1.50 bits per heavy atom. The molecule has 1 aromatic rings. The molecule has 0 saturated carbocycles. The number of ether oxygens (including phenoxy) is 1. The summed E-state index contributed by atoms with van der Waals surface area (Å²) in [6.45, 7) is 5.75. The molecule has 2 heterocycles. The quantitative estimate of drug-likeness (QED) is 0.810. The van der Waals surface area contributed by atoms with E-state index in [0.717, 1.165) is 25.4 Å². The second kappa shape index (κ2) is 4.65. The number of nitrogen functional groups attached to an aromatic ring is 1. The van der Waals surface area contributed by atoms with Gasteiger partial charge in [-0.15, -0.1) is 0 Å². The second-order valence-electron chi connectivity index (χ2n) is 4.12. The normalized spacial score (nSPS) is 25.8. The Kier molecular flexibility index (Phi) is 3.24. The summed E-state index contributed by atoms with van der Waals surface area (Å²) in [6.07, 6.45) is 4.52. The van der Waals surface area contributed by atoms with E-state index in [1.807, 2.05) is 0 Å². The van der Waals surface area contributed by atoms with E-state index in [1.54, 1.807) is 12.4 Å². The molecule has 0 bridgehead atoms. The summed E-state index contributed by atoms with van der Waals surface area (Å²) < 4.78 is 5.64. The van der Waals surface area contributed by atoms with Crippen molar-refractivity contribution < 1.29 is 4.74 Å². The van der Waals surface area contributed by atoms with Crippen molar-refractivity contribution in [3.63, 3.8) is 0 Å². The van der Waals surface area contributed by atoms with Crippen molar-refractivity contribution in [2.75, 3.05) is 23.8 Å². The fraction of sp³-hybridized carbons (Fsp3) is 0.636. The minimum atomic E-state index is 0.212. The van der Waals surface area contributed by atoms with E-state index in [2.05, 4.69) is 28.7 Å². The monoisotopic (exact) mass is 222 g/mol. The van der Waals surface area contributed by atoms with Gasteiger partial charge in [-0.2, -0.15) is 0 Å². The van der Waals surface area contributed by atoms with Crippen molar-refractivity contribution in [2.24, 2.45) is 0 Å². The summed E-state index contributed by atoms with van der Waals surface area (Å²) in [6, 6.07) is 0.343. The molecule has 1 saturated heterocycles. The zero-order valence-electron chi connectivity index (χ0n) is 9.76. The van der Waals surface area contributed by atoms with Gasteiger partial charge in [-0.25, -0.2) is 9.97 Å². The first-order valence-corrected chi connectivity index (χ1v) is 5.67. The van der Waals surface area contributed by atoms with Crippen LogP contribution in [0.5, 0.6) is 0 Å². The van der Waals surface area contributed by atoms with Crippen molar-refractivity contribution in [2.45, 2.75) is 32.4 Å². The van der Waals surface area contributed by atoms with Crippen molar-refractivity contribution in [3.05, 3.63) is 12.4 Å². The van der Waals surface area contributed by atoms with Crippen LogP contribution < -0.4 is 10.6 Å². The largest absolute Gasteiger partial charge is 0.381 e. The first-order valence-electron chi connectivity index (χ1n) is 5.67. The smallest absolute Gasteiger partial charge is 0.171 e. The topological polar surface area (TPSA) is 64.3 Å². The van der Waals surface area contributed by atoms with Gasteiger partial charge in [0.05, 0.1) is 18.8 Å². The van der Waals surface area contributed by atoms with Gasteiger partial charge in [-0.1, -0.05) is 6.92 Å². The summed E-state index contributed by atoms with van der Waals surface area (Å²) in [5.74, 6) is 1.28. The van der Waals surface area contributed by atoms with Crippen LogP contribution in [0.4, 0.5) is 11.6 Å². The number of aromatic nitrogens is 2. The predicted molar refractivity (Wildman–Crippen MR) is 63.3 cm³/mol. The molecule has 2 unspecified atom stereocenters. The third-order valence-corrected chi connectivity index (χ3v) is 2.92. The molecule has 5 heteroatoms. The third-order valence-electron chi connectivity index (χ3n) is 2.92. The third kappa shape index (κ3) is 2.09. The maximum Gasteiger partial charge on any atom is 0.171 e. The lowest BCUT2D eigenvalue weighted by Gasteiger charge is -2.39. The maximum absolute atomic E-state index is 5.86. The average molecular weight is 222 g/mol. The summed E-state index contributed by atoms with van der Waals surface area (Å²) in [4.78, 5) is 10.6. The van der Waals surface area contributed by atoms with Crippen LogP contribution in [0.25, 0.3) is 0 Å². The molecule has 1 fully saturated rings. The molecule has 2 N–H and O–H groups in total. The van der Waals surface area contributed by atoms with Crippen LogP contribution in [-0.4, -0.2) is 35.3 Å². The van der Waals surface area contributed by atoms with E-state index in [9.17, 15) is 0 Å². The molecule has 1 aliphatic heterocycles. The number of anilines is 2. The minimum Gasteiger partial charge on any atom is -0.381 e. The molecule has 0 aliphatic carbocycles. The van der Waals surface area contributed by atoms with Crippen molar-refractivity contribution in [3.8, 4) is 0 Å². The molecule has 2 rings (SSSR count). The summed E-state index contributed by atoms with van der Waals surface area (Å²) >= 11 is 0. The molecule has 0 amide bonds. The van der Waals surface area contributed by atoms with Crippen LogP contribution in [-0.2, 0) is 4.74 Å². The van der Waals surface area contributed by atoms with Crippen LogP contribution in [0.2, 0.25) is 0 Å². The Morgan fingerprint density at radius 2 is 2.25 bits per heavy atom. The fourth-order valence-electron chi connectivity index (χ4n) is 2.00. The van der Waals surface area contributed by atoms with Gasteiger partial charge in [0.25, 0.3) is 0 Å². The SMILES string of the molecule is CCC1COC(C)CN1c1nccnc1N. The second-order valence-corrected chi connectivity index (χ2v) is 4.12. The highest BCUT2D eigenvalue weighted by Crippen LogP contribution is 2.24. The summed E-state index contributed by atoms with van der Waals surface area (Å²) in [5.41, 5.74) is 5.86. The number of morpholine rings is 1. The van der Waals surface area contributed by atoms with Gasteiger partial charge in [0.1, 0.15) is 0 Å². The van der Waals surface area contributed by atoms with Crippen molar-refractivity contribution in [1.82, 2.24) is 9.97 Å². The minimum absolute atomic E-state index is 0.212. The Labute approximate surface area is 95.6 Å². The van der Waals surface area contributed by atoms with E-state index in [0.29, 0.717) is 11.9 Å². The molecule has 0 radical (unpaired) electrons. The molecular weight excluding hydrogens is 204 g/mol. The first kappa shape index (κ1) is 11.1. The van der Waals surface area contributed by atoms with E-state index in [-0.39, 0.29) is 6.10 Å². The van der Waals surface area contributed by atoms with Crippen molar-refractivity contribution >= 4 is 11.6 Å². The van der Waals surface area contributed by atoms with E-state index >= 15 is 0 Å². The van der Waals surface area contributed by atoms with E-state index in [4.69, 9.17) is 10.5 Å². The van der Waals surface area contributed by atoms with Crippen LogP contribution in [0.3, 0.4) is 0 Å². The molecule has 16 heavy (non-hydrogen) atoms. The Hall–Kier alpha value is -1.36. The average Bonchev–Trinajstić information content (AvgIpc) is 2.29. The number of rotatable bonds is 2. The van der Waals surface area contributed by atoms with Gasteiger partial charge in [0.15, 0.2) is 11.6 Å². The Bertz CT molecular complexity index is 358. The van der Waals surface area contributed by atoms with E-state index in [1.165, 1.54) is 0 Å². The summed E-state index contributed by atoms with van der Waals surface area (Å²) in [7, 11) is 0. The van der Waals surface area contributed by atoms with Gasteiger partial charge < -0.3 is 15.4 Å². The first-order chi connectivity index (χ1) is 7.72. The Morgan fingerprint density at radius 3 is 2.94 bits per heavy atom. The van der Waals surface area contributed by atoms with Gasteiger partial charge in [-0.3, -0.25) is 0 Å². The molecule has 2 atom stereocenters. The van der Waals surface area contributed by atoms with Crippen LogP contribution in [0.1, 0.15) is 20.3 Å². The van der Waals surface area contributed by atoms with Gasteiger partial charge in [0, 0.05) is 18.9 Å². The summed E-state index contributed by atoms with van der Waals surface area (Å²) in [5, 5.41) is 0. The van der Waals surface area contributed by atoms with Crippen LogP contribution in [0.15, 0.2) is 12.4 Å². The van der Waals surface area contributed by atoms with E-state index < -0.39 is 0 Å². The molecule has 1 aromatic heterocycles. The predicted octanol–water partition coefficient (Wildman–Crippen LogP) is 1.06. The van der Waals surface area contributed by atoms with Crippen LogP contribution >= 0.6 is 0 Å². The lowest BCUT2D eigenvalue weighted by Crippen LogP contribution is -2.49. The number of nitrogens with zero attached hydrogens (tertiary/aromatic N) is 3. The van der Waals surface area contributed by atoms with Gasteiger partial charge in [0.2, 0.25) is 0 Å². The lowest BCUT2D eigenvalue weighted by atomic mass is 10.1. The fourth-order valence-corrected chi connectivity index (χ4v) is 2.00. The lowest BCUT2D eigenvalue weighted by molar-refractivity contribution is 0.0296. The highest BCUT2D eigenvalue weighted by molar-refractivity contribution is 5.58. The molecular formula is C11H18N4O. The molecule has 0 aromatic carbocycles. The van der Waals surface area contributed by atoms with Crippen LogP contribution in [0, 0.1) is 0 Å². The number of nitrogens with two attached hydrogens (primary N) is 1. The van der Waals surface area contributed by atoms with Gasteiger partial charge >= 0.3 is 0 Å². The molecule has 1 aliphatic rings. The molecule has 5 nitrogen and oxygen atoms in total. The number of hydrogen-bond acceptors (Lipinski definition) is 5. The van der Waals surface area contributed by atoms with Crippen molar-refractivity contribution in [1.29, 1.82) is 0 Å². The number of hydrogen-bond donors (Lipinski definition) is 1. The maximum atomic E-state index is 5.86. The zero-order valence-corrected chi connectivity index (χ0v) is 9.76. The molecule has 88 valence electrons. The Balaban J connectivity index is 2.26. The highest BCUT2D eigenvalue weighted by Gasteiger charge is 2.27. The van der Waals surface area contributed by atoms with Gasteiger partial charge in [-0.05, 0) is 13.3 Å².